The fourth-order valence-electron chi connectivity index (χ4n) is 7.91. The van der Waals surface area contributed by atoms with Crippen molar-refractivity contribution in [3.8, 4) is 33.4 Å². The van der Waals surface area contributed by atoms with Crippen LogP contribution in [0, 0.1) is 0 Å². The van der Waals surface area contributed by atoms with E-state index >= 15 is 0 Å². The molecule has 0 fully saturated rings. The summed E-state index contributed by atoms with van der Waals surface area (Å²) in [5.41, 5.74) is 14.6. The molecule has 1 unspecified atom stereocenters. The minimum Gasteiger partial charge on any atom is -0.309 e. The zero-order valence-electron chi connectivity index (χ0n) is 27.4. The van der Waals surface area contributed by atoms with Crippen molar-refractivity contribution in [3.05, 3.63) is 211 Å². The molecule has 0 saturated heterocycles. The molecule has 0 radical (unpaired) electrons. The number of benzene rings is 8. The first-order valence-electron chi connectivity index (χ1n) is 17.0. The Morgan fingerprint density at radius 2 is 0.959 bits per heavy atom. The summed E-state index contributed by atoms with van der Waals surface area (Å²) in [5.74, 6) is 0. The molecule has 1 aliphatic rings. The fraction of sp³-hybridized carbons (Fsp3) is 0.0417. The smallest absolute Gasteiger partial charge is 0.0543 e. The summed E-state index contributed by atoms with van der Waals surface area (Å²) in [6, 6.07) is 70.7. The Balaban J connectivity index is 1.24. The van der Waals surface area contributed by atoms with E-state index in [9.17, 15) is 0 Å². The molecule has 0 aromatic heterocycles. The number of hydrogen-bond acceptors (Lipinski definition) is 1. The van der Waals surface area contributed by atoms with Gasteiger partial charge in [0.25, 0.3) is 0 Å². The Morgan fingerprint density at radius 3 is 1.76 bits per heavy atom. The van der Waals surface area contributed by atoms with Crippen LogP contribution in [0.25, 0.3) is 44.2 Å². The zero-order valence-corrected chi connectivity index (χ0v) is 27.4. The van der Waals surface area contributed by atoms with Crippen molar-refractivity contribution in [2.24, 2.45) is 0 Å². The molecule has 0 heterocycles. The average molecular weight is 626 g/mol. The number of hydrogen-bond donors (Lipinski definition) is 0. The Bertz CT molecular complexity index is 2440. The second-order valence-corrected chi connectivity index (χ2v) is 13.1. The molecule has 1 aliphatic carbocycles. The molecular weight excluding hydrogens is 591 g/mol. The van der Waals surface area contributed by atoms with Crippen LogP contribution in [0.5, 0.6) is 0 Å². The first-order chi connectivity index (χ1) is 24.2. The van der Waals surface area contributed by atoms with Crippen molar-refractivity contribution < 1.29 is 0 Å². The van der Waals surface area contributed by atoms with Crippen LogP contribution in [0.1, 0.15) is 23.6 Å². The van der Waals surface area contributed by atoms with Crippen LogP contribution in [0.4, 0.5) is 17.1 Å². The summed E-state index contributed by atoms with van der Waals surface area (Å²) in [6.07, 6.45) is 0. The molecular formula is C48H35N. The number of anilines is 3. The summed E-state index contributed by atoms with van der Waals surface area (Å²) in [5, 5.41) is 2.45. The van der Waals surface area contributed by atoms with E-state index in [0.717, 1.165) is 11.4 Å². The van der Waals surface area contributed by atoms with Crippen LogP contribution in [-0.2, 0) is 5.41 Å². The first kappa shape index (κ1) is 29.0. The van der Waals surface area contributed by atoms with Crippen LogP contribution in [0.3, 0.4) is 0 Å². The Labute approximate surface area is 288 Å². The summed E-state index contributed by atoms with van der Waals surface area (Å²) >= 11 is 0. The van der Waals surface area contributed by atoms with Gasteiger partial charge in [0.2, 0.25) is 0 Å². The standard InChI is InChI=1S/C48H35N/c1-48(39-21-6-3-7-22-39)43-25-11-10-24-42(43)47-44(48)26-14-28-46(47)49(45-27-13-18-36-17-8-9-23-41(36)45)40-31-29-35(30-32-40)38-20-12-19-37(33-38)34-15-4-2-5-16-34/h2-33H,1H3. The molecule has 9 rings (SSSR count). The van der Waals surface area contributed by atoms with Gasteiger partial charge >= 0.3 is 0 Å². The number of nitrogens with zero attached hydrogens (tertiary/aromatic N) is 1. The summed E-state index contributed by atoms with van der Waals surface area (Å²) in [6.45, 7) is 2.39. The van der Waals surface area contributed by atoms with Gasteiger partial charge in [-0.25, -0.2) is 0 Å². The Kier molecular flexibility index (Phi) is 6.99. The van der Waals surface area contributed by atoms with Gasteiger partial charge in [-0.05, 0) is 87.1 Å². The number of rotatable bonds is 6. The molecule has 1 heteroatoms. The molecule has 0 amide bonds. The maximum atomic E-state index is 2.47. The second-order valence-electron chi connectivity index (χ2n) is 13.1. The van der Waals surface area contributed by atoms with Crippen molar-refractivity contribution in [3.63, 3.8) is 0 Å². The van der Waals surface area contributed by atoms with Crippen molar-refractivity contribution in [1.82, 2.24) is 0 Å². The monoisotopic (exact) mass is 625 g/mol. The highest BCUT2D eigenvalue weighted by atomic mass is 15.1. The SMILES string of the molecule is CC1(c2ccccc2)c2ccccc2-c2c(N(c3ccc(-c4cccc(-c5ccccc5)c4)cc3)c3cccc4ccccc34)cccc21. The van der Waals surface area contributed by atoms with Gasteiger partial charge < -0.3 is 4.90 Å². The molecule has 0 aliphatic heterocycles. The molecule has 1 atom stereocenters. The van der Waals surface area contributed by atoms with Crippen LogP contribution in [0.2, 0.25) is 0 Å². The molecule has 8 aromatic rings. The van der Waals surface area contributed by atoms with E-state index in [1.54, 1.807) is 0 Å². The molecule has 8 aromatic carbocycles. The molecule has 0 bridgehead atoms. The summed E-state index contributed by atoms with van der Waals surface area (Å²) < 4.78 is 0. The lowest BCUT2D eigenvalue weighted by molar-refractivity contribution is 0.714. The third kappa shape index (κ3) is 4.78. The lowest BCUT2D eigenvalue weighted by Crippen LogP contribution is -2.22. The third-order valence-electron chi connectivity index (χ3n) is 10.3. The highest BCUT2D eigenvalue weighted by molar-refractivity contribution is 6.03. The van der Waals surface area contributed by atoms with E-state index in [-0.39, 0.29) is 5.41 Å². The van der Waals surface area contributed by atoms with Gasteiger partial charge in [0.05, 0.1) is 11.4 Å². The molecule has 49 heavy (non-hydrogen) atoms. The topological polar surface area (TPSA) is 3.24 Å². The molecule has 0 N–H and O–H groups in total. The Hall–Kier alpha value is -6.18. The van der Waals surface area contributed by atoms with Crippen molar-refractivity contribution in [1.29, 1.82) is 0 Å². The minimum absolute atomic E-state index is 0.277. The largest absolute Gasteiger partial charge is 0.309 e. The average Bonchev–Trinajstić information content (AvgIpc) is 3.45. The van der Waals surface area contributed by atoms with Gasteiger partial charge in [-0.2, -0.15) is 0 Å². The van der Waals surface area contributed by atoms with E-state index in [4.69, 9.17) is 0 Å². The van der Waals surface area contributed by atoms with Crippen LogP contribution in [-0.4, -0.2) is 0 Å². The van der Waals surface area contributed by atoms with E-state index in [0.29, 0.717) is 0 Å². The zero-order chi connectivity index (χ0) is 32.8. The van der Waals surface area contributed by atoms with Gasteiger partial charge in [0, 0.05) is 22.1 Å². The number of fused-ring (bicyclic) bond motifs is 4. The predicted octanol–water partition coefficient (Wildman–Crippen LogP) is 13.0. The summed E-state index contributed by atoms with van der Waals surface area (Å²) in [7, 11) is 0. The van der Waals surface area contributed by atoms with E-state index in [2.05, 4.69) is 206 Å². The van der Waals surface area contributed by atoms with E-state index in [1.807, 2.05) is 0 Å². The molecule has 0 saturated carbocycles. The van der Waals surface area contributed by atoms with Crippen LogP contribution >= 0.6 is 0 Å². The first-order valence-corrected chi connectivity index (χ1v) is 17.0. The highest BCUT2D eigenvalue weighted by Crippen LogP contribution is 2.57. The third-order valence-corrected chi connectivity index (χ3v) is 10.3. The quantitative estimate of drug-likeness (QED) is 0.178. The van der Waals surface area contributed by atoms with Gasteiger partial charge in [-0.15, -0.1) is 0 Å². The second kappa shape index (κ2) is 11.8. The fourth-order valence-corrected chi connectivity index (χ4v) is 7.91. The predicted molar refractivity (Wildman–Crippen MR) is 207 cm³/mol. The van der Waals surface area contributed by atoms with Crippen molar-refractivity contribution >= 4 is 27.8 Å². The van der Waals surface area contributed by atoms with Crippen molar-refractivity contribution in [2.75, 3.05) is 4.90 Å². The molecule has 232 valence electrons. The van der Waals surface area contributed by atoms with Crippen molar-refractivity contribution in [2.45, 2.75) is 12.3 Å². The summed E-state index contributed by atoms with van der Waals surface area (Å²) in [4.78, 5) is 2.47. The molecule has 0 spiro atoms. The molecule has 1 nitrogen and oxygen atoms in total. The van der Waals surface area contributed by atoms with Gasteiger partial charge in [0.15, 0.2) is 0 Å². The lowest BCUT2D eigenvalue weighted by Gasteiger charge is -2.31. The lowest BCUT2D eigenvalue weighted by atomic mass is 9.74. The Morgan fingerprint density at radius 1 is 0.408 bits per heavy atom. The van der Waals surface area contributed by atoms with E-state index < -0.39 is 0 Å². The van der Waals surface area contributed by atoms with Gasteiger partial charge in [0.1, 0.15) is 0 Å². The highest BCUT2D eigenvalue weighted by Gasteiger charge is 2.42. The van der Waals surface area contributed by atoms with E-state index in [1.165, 1.54) is 66.5 Å². The minimum atomic E-state index is -0.277. The van der Waals surface area contributed by atoms with Gasteiger partial charge in [-0.3, -0.25) is 0 Å². The van der Waals surface area contributed by atoms with Gasteiger partial charge in [-0.1, -0.05) is 164 Å². The maximum absolute atomic E-state index is 2.47. The van der Waals surface area contributed by atoms with Crippen LogP contribution < -0.4 is 4.90 Å². The van der Waals surface area contributed by atoms with Crippen LogP contribution in [0.15, 0.2) is 194 Å². The normalized spacial score (nSPS) is 14.7. The maximum Gasteiger partial charge on any atom is 0.0543 e.